The number of nitrogens with one attached hydrogen (secondary N) is 1. The van der Waals surface area contributed by atoms with Gasteiger partial charge in [0, 0.05) is 162 Å². The highest BCUT2D eigenvalue weighted by Gasteiger charge is 2.53. The van der Waals surface area contributed by atoms with Gasteiger partial charge in [-0.3, -0.25) is 28.9 Å². The molecule has 0 spiro atoms. The van der Waals surface area contributed by atoms with E-state index in [1.54, 1.807) is 47.6 Å². The third kappa shape index (κ3) is 23.8. The Kier molecular flexibility index (Phi) is 33.2. The Balaban J connectivity index is 0.949. The molecule has 26 heteroatoms. The number of hydrogen-bond donors (Lipinski definition) is 3. The number of aliphatic hydroxyl groups is 2. The molecule has 0 radical (unpaired) electrons. The Morgan fingerprint density at radius 2 is 1.41 bits per heavy atom. The number of alkyl carbamates (subject to hydrolysis) is 1. The fourth-order valence-corrected chi connectivity index (χ4v) is 15.1. The standard InChI is InChI=1S/C76H118N8O18/c1-49-18-14-13-15-19-50(2)62(95-9)44-59-24-21-55(7)76(94,102-59)71(90)72(91)84-28-17-16-20-60(84)73(92)100-64(45-63(96-10)51(3)41-54(6)69(89)70(98-12)68(88)53(5)40-49)52(4)42-57-23-25-61(65(43-57)97-11)101-75(93)79-48-58-46-77-74(78-47-58)83-35-33-82(34-36-83)67(87)27-38-99-39-37-80-29-31-81(32-30-80)66(86)26-22-56(8)85/h13-15,18-19,41,46-47,49,51-53,55,57,59-65,69-70,89,94H,16-17,20-40,42-45,48H2,1-12H3,(H,79,93)/b15-13+,18-14+,50-19+,54-41+/t49-,51-,52-,53-,55-,57+,59+,60+,61-,62+,63-,64+,65-,69?,70+,76-/m1/s1. The number of fused-ring (bicyclic) bond motifs is 3. The molecule has 1 aromatic rings. The summed E-state index contributed by atoms with van der Waals surface area (Å²) in [6, 6.07) is -1.14. The summed E-state index contributed by atoms with van der Waals surface area (Å²) in [5.74, 6) is -6.80. The zero-order valence-electron chi connectivity index (χ0n) is 62.6. The summed E-state index contributed by atoms with van der Waals surface area (Å²) in [6.07, 6.45) is 14.5. The van der Waals surface area contributed by atoms with Crippen molar-refractivity contribution in [2.24, 2.45) is 35.5 Å². The van der Waals surface area contributed by atoms with Gasteiger partial charge in [-0.1, -0.05) is 71.1 Å². The first-order valence-electron chi connectivity index (χ1n) is 37.1. The highest BCUT2D eigenvalue weighted by atomic mass is 16.6. The van der Waals surface area contributed by atoms with Gasteiger partial charge in [-0.05, 0) is 114 Å². The van der Waals surface area contributed by atoms with Crippen molar-refractivity contribution in [3.05, 3.63) is 65.6 Å². The van der Waals surface area contributed by atoms with Gasteiger partial charge in [-0.25, -0.2) is 19.6 Å². The number of aliphatic hydroxyl groups excluding tert-OH is 1. The molecule has 570 valence electrons. The quantitative estimate of drug-likeness (QED) is 0.0516. The van der Waals surface area contributed by atoms with Crippen molar-refractivity contribution in [1.82, 2.24) is 34.9 Å². The number of nitrogens with zero attached hydrogens (tertiary/aromatic N) is 7. The molecular formula is C76H118N8O18. The van der Waals surface area contributed by atoms with Gasteiger partial charge in [0.1, 0.15) is 36.2 Å². The number of ether oxygens (including phenoxy) is 8. The van der Waals surface area contributed by atoms with Gasteiger partial charge in [-0.2, -0.15) is 0 Å². The van der Waals surface area contributed by atoms with E-state index in [4.69, 9.17) is 37.9 Å². The molecular weight excluding hydrogens is 1310 g/mol. The molecule has 26 nitrogen and oxygen atoms in total. The normalized spacial score (nSPS) is 32.6. The van der Waals surface area contributed by atoms with E-state index in [1.165, 1.54) is 18.9 Å². The van der Waals surface area contributed by atoms with Gasteiger partial charge >= 0.3 is 12.1 Å². The number of methoxy groups -OCH3 is 4. The van der Waals surface area contributed by atoms with Gasteiger partial charge in [0.05, 0.1) is 44.1 Å². The van der Waals surface area contributed by atoms with Crippen LogP contribution in [0.2, 0.25) is 0 Å². The Bertz CT molecular complexity index is 3040. The SMILES string of the molecule is CO[C@H]1C[C@@H]2CC[C@@H](C)[C@@](O)(O2)C(=O)C(=O)N2CCCC[C@H]2C(=O)O[C@H]([C@H](C)C[C@@H]2CC[C@@H](OC(=O)NCc3cnc(N4CCN(C(=O)CCOCCN5CCN(C(=O)CCC(C)=O)CC5)CC4)nc3)[C@H](OC)C2)C[C@@H](OC)[C@H](C)/C=C(\C)C(O)[C@@H](OC)C(=O)[C@H](C)C[C@H](C)/C=C/C=C/C=C/1C. The second-order valence-electron chi connectivity index (χ2n) is 29.3. The molecule has 4 saturated heterocycles. The van der Waals surface area contributed by atoms with Gasteiger partial charge < -0.3 is 77.8 Å². The first-order chi connectivity index (χ1) is 48.8. The number of esters is 1. The Morgan fingerprint density at radius 1 is 0.725 bits per heavy atom. The molecule has 16 atom stereocenters. The summed E-state index contributed by atoms with van der Waals surface area (Å²) in [4.78, 5) is 126. The van der Waals surface area contributed by atoms with Crippen LogP contribution in [0.5, 0.6) is 0 Å². The number of Topliss-reactive ketones (excluding diaryl/α,β-unsaturated/α-hetero) is 3. The molecule has 1 aliphatic carbocycles. The molecule has 1 saturated carbocycles. The van der Waals surface area contributed by atoms with Gasteiger partial charge in [-0.15, -0.1) is 0 Å². The maximum atomic E-state index is 14.9. The van der Waals surface area contributed by atoms with Crippen LogP contribution in [0.1, 0.15) is 157 Å². The molecule has 0 aromatic carbocycles. The highest BCUT2D eigenvalue weighted by molar-refractivity contribution is 6.39. The van der Waals surface area contributed by atoms with Crippen LogP contribution in [0, 0.1) is 35.5 Å². The average Bonchev–Trinajstić information content (AvgIpc) is 0.773. The third-order valence-electron chi connectivity index (χ3n) is 21.6. The third-order valence-corrected chi connectivity index (χ3v) is 21.6. The number of hydrogen-bond acceptors (Lipinski definition) is 22. The minimum Gasteiger partial charge on any atom is -0.460 e. The van der Waals surface area contributed by atoms with Crippen molar-refractivity contribution < 1.29 is 86.5 Å². The van der Waals surface area contributed by atoms with E-state index in [-0.39, 0.29) is 92.2 Å². The summed E-state index contributed by atoms with van der Waals surface area (Å²) in [7, 11) is 6.14. The lowest BCUT2D eigenvalue weighted by Gasteiger charge is -2.43. The fourth-order valence-electron chi connectivity index (χ4n) is 15.1. The fraction of sp³-hybridized carbons (Fsp3) is 0.737. The van der Waals surface area contributed by atoms with E-state index in [0.717, 1.165) is 18.7 Å². The van der Waals surface area contributed by atoms with Crippen molar-refractivity contribution in [2.75, 3.05) is 112 Å². The summed E-state index contributed by atoms with van der Waals surface area (Å²) in [6.45, 7) is 21.2. The molecule has 102 heavy (non-hydrogen) atoms. The number of piperidine rings is 1. The van der Waals surface area contributed by atoms with Crippen molar-refractivity contribution in [3.8, 4) is 0 Å². The molecule has 1 unspecified atom stereocenters. The maximum Gasteiger partial charge on any atom is 0.407 e. The van der Waals surface area contributed by atoms with Crippen molar-refractivity contribution in [3.63, 3.8) is 0 Å². The number of allylic oxidation sites excluding steroid dienone is 5. The maximum absolute atomic E-state index is 14.9. The predicted octanol–water partition coefficient (Wildman–Crippen LogP) is 6.92. The number of carbonyl (C=O) groups is 8. The zero-order valence-corrected chi connectivity index (χ0v) is 62.6. The van der Waals surface area contributed by atoms with E-state index in [0.29, 0.717) is 140 Å². The smallest absolute Gasteiger partial charge is 0.407 e. The molecule has 2 bridgehead atoms. The van der Waals surface area contributed by atoms with Crippen LogP contribution in [-0.2, 0) is 78.0 Å². The van der Waals surface area contributed by atoms with Crippen LogP contribution >= 0.6 is 0 Å². The van der Waals surface area contributed by atoms with Gasteiger partial charge in [0.2, 0.25) is 23.5 Å². The van der Waals surface area contributed by atoms with E-state index in [1.807, 2.05) is 85.8 Å². The van der Waals surface area contributed by atoms with Crippen molar-refractivity contribution >= 4 is 53.1 Å². The van der Waals surface area contributed by atoms with Crippen molar-refractivity contribution in [2.45, 2.75) is 219 Å². The van der Waals surface area contributed by atoms with Gasteiger partial charge in [0.15, 0.2) is 5.78 Å². The molecule has 5 fully saturated rings. The minimum absolute atomic E-state index is 0.00936. The number of cyclic esters (lactones) is 1. The van der Waals surface area contributed by atoms with Crippen LogP contribution in [0.15, 0.2) is 60.0 Å². The van der Waals surface area contributed by atoms with E-state index < -0.39 is 96.2 Å². The number of rotatable bonds is 20. The van der Waals surface area contributed by atoms with E-state index >= 15 is 0 Å². The van der Waals surface area contributed by atoms with Crippen LogP contribution in [0.3, 0.4) is 0 Å². The molecule has 1 aromatic heterocycles. The summed E-state index contributed by atoms with van der Waals surface area (Å²) in [5, 5.41) is 26.8. The molecule has 3 N–H and O–H groups in total. The molecule has 6 heterocycles. The number of piperazine rings is 2. The monoisotopic (exact) mass is 1430 g/mol. The lowest BCUT2D eigenvalue weighted by molar-refractivity contribution is -0.265. The Labute approximate surface area is 603 Å². The number of ketones is 3. The lowest BCUT2D eigenvalue weighted by Crippen LogP contribution is -2.61. The summed E-state index contributed by atoms with van der Waals surface area (Å²) < 4.78 is 48.5. The van der Waals surface area contributed by atoms with Crippen molar-refractivity contribution in [1.29, 1.82) is 0 Å². The van der Waals surface area contributed by atoms with Crippen LogP contribution in [0.25, 0.3) is 0 Å². The summed E-state index contributed by atoms with van der Waals surface area (Å²) >= 11 is 0. The highest BCUT2D eigenvalue weighted by Crippen LogP contribution is 2.39. The minimum atomic E-state index is -2.46. The predicted molar refractivity (Wildman–Crippen MR) is 381 cm³/mol. The zero-order chi connectivity index (χ0) is 74.2. The van der Waals surface area contributed by atoms with Crippen LogP contribution in [0.4, 0.5) is 10.7 Å². The van der Waals surface area contributed by atoms with Crippen LogP contribution < -0.4 is 10.2 Å². The van der Waals surface area contributed by atoms with E-state index in [9.17, 15) is 48.6 Å². The first-order valence-corrected chi connectivity index (χ1v) is 37.1. The second kappa shape index (κ2) is 40.8. The van der Waals surface area contributed by atoms with Crippen LogP contribution in [-0.4, -0.2) is 255 Å². The molecule has 7 rings (SSSR count). The largest absolute Gasteiger partial charge is 0.460 e. The molecule has 5 aliphatic heterocycles. The topological polar surface area (TPSA) is 305 Å². The Morgan fingerprint density at radius 3 is 2.08 bits per heavy atom. The number of aromatic nitrogens is 2. The van der Waals surface area contributed by atoms with Gasteiger partial charge in [0.25, 0.3) is 11.7 Å². The summed E-state index contributed by atoms with van der Waals surface area (Å²) in [5.41, 5.74) is 2.03. The van der Waals surface area contributed by atoms with E-state index in [2.05, 4.69) is 20.2 Å². The first kappa shape index (κ1) is 82.9. The number of amides is 4. The Hall–Kier alpha value is -6.36. The average molecular weight is 1430 g/mol. The number of carbonyl (C=O) groups excluding carboxylic acids is 8. The molecule has 4 amide bonds. The molecule has 6 aliphatic rings. The lowest BCUT2D eigenvalue weighted by atomic mass is 9.78. The number of anilines is 1. The second-order valence-corrected chi connectivity index (χ2v) is 29.3.